The molecule has 6 nitrogen and oxygen atoms in total. The average Bonchev–Trinajstić information content (AvgIpc) is 2.67. The van der Waals surface area contributed by atoms with E-state index in [-0.39, 0.29) is 18.6 Å². The number of ether oxygens (including phenoxy) is 1. The molecule has 0 spiro atoms. The van der Waals surface area contributed by atoms with Gasteiger partial charge in [0.1, 0.15) is 5.75 Å². The highest BCUT2D eigenvalue weighted by Gasteiger charge is 2.19. The highest BCUT2D eigenvalue weighted by atomic mass is 35.5. The first-order valence-corrected chi connectivity index (χ1v) is 9.34. The van der Waals surface area contributed by atoms with Gasteiger partial charge in [0.25, 0.3) is 0 Å². The molecule has 27 heavy (non-hydrogen) atoms. The molecule has 2 aromatic rings. The van der Waals surface area contributed by atoms with Gasteiger partial charge in [0.2, 0.25) is 5.91 Å². The van der Waals surface area contributed by atoms with Crippen LogP contribution >= 0.6 is 11.6 Å². The molecule has 0 aliphatic carbocycles. The van der Waals surface area contributed by atoms with Crippen molar-refractivity contribution < 1.29 is 14.6 Å². The maximum Gasteiger partial charge on any atom is 0.243 e. The molecule has 1 aliphatic rings. The Bertz CT molecular complexity index is 792. The third-order valence-corrected chi connectivity index (χ3v) is 4.88. The molecular formula is C20H24ClN3O3. The number of carbonyl (C=O) groups is 1. The van der Waals surface area contributed by atoms with Crippen LogP contribution in [0.5, 0.6) is 5.75 Å². The Kier molecular flexibility index (Phi) is 6.42. The molecule has 1 heterocycles. The summed E-state index contributed by atoms with van der Waals surface area (Å²) in [5.74, 6) is 0.397. The van der Waals surface area contributed by atoms with Crippen LogP contribution in [-0.2, 0) is 4.79 Å². The van der Waals surface area contributed by atoms with Crippen molar-refractivity contribution in [2.75, 3.05) is 42.3 Å². The molecule has 1 amide bonds. The molecule has 0 radical (unpaired) electrons. The molecule has 3 N–H and O–H groups in total. The minimum atomic E-state index is -0.219. The van der Waals surface area contributed by atoms with Crippen LogP contribution in [-0.4, -0.2) is 43.9 Å². The van der Waals surface area contributed by atoms with Crippen molar-refractivity contribution in [3.05, 3.63) is 47.5 Å². The first-order valence-electron chi connectivity index (χ1n) is 8.96. The summed E-state index contributed by atoms with van der Waals surface area (Å²) in [6, 6.07) is 13.0. The number of aliphatic hydroxyl groups excluding tert-OH is 1. The second-order valence-electron chi connectivity index (χ2n) is 6.49. The number of para-hydroxylation sites is 2. The molecule has 1 aliphatic heterocycles. The number of nitrogens with zero attached hydrogens (tertiary/aromatic N) is 1. The van der Waals surface area contributed by atoms with Crippen LogP contribution in [0, 0.1) is 0 Å². The Morgan fingerprint density at radius 1 is 1.26 bits per heavy atom. The lowest BCUT2D eigenvalue weighted by Gasteiger charge is -2.32. The summed E-state index contributed by atoms with van der Waals surface area (Å²) >= 11 is 6.09. The molecule has 1 fully saturated rings. The van der Waals surface area contributed by atoms with Gasteiger partial charge >= 0.3 is 0 Å². The average molecular weight is 390 g/mol. The molecule has 0 aromatic heterocycles. The van der Waals surface area contributed by atoms with E-state index in [4.69, 9.17) is 16.3 Å². The van der Waals surface area contributed by atoms with Crippen molar-refractivity contribution in [2.24, 2.45) is 0 Å². The van der Waals surface area contributed by atoms with Gasteiger partial charge in [0, 0.05) is 18.8 Å². The fourth-order valence-electron chi connectivity index (χ4n) is 3.13. The summed E-state index contributed by atoms with van der Waals surface area (Å²) in [7, 11) is 1.55. The van der Waals surface area contributed by atoms with E-state index in [0.717, 1.165) is 37.3 Å². The Labute approximate surface area is 164 Å². The number of piperidine rings is 1. The topological polar surface area (TPSA) is 73.8 Å². The summed E-state index contributed by atoms with van der Waals surface area (Å²) in [6.07, 6.45) is 1.29. The monoisotopic (exact) mass is 389 g/mol. The van der Waals surface area contributed by atoms with Gasteiger partial charge in [-0.15, -0.1) is 0 Å². The van der Waals surface area contributed by atoms with Crippen LogP contribution < -0.4 is 20.3 Å². The number of hydrogen-bond donors (Lipinski definition) is 3. The maximum absolute atomic E-state index is 12.3. The van der Waals surface area contributed by atoms with E-state index in [1.165, 1.54) is 0 Å². The molecule has 2 aromatic carbocycles. The summed E-state index contributed by atoms with van der Waals surface area (Å²) in [5.41, 5.74) is 2.56. The zero-order valence-electron chi connectivity index (χ0n) is 15.2. The fourth-order valence-corrected chi connectivity index (χ4v) is 3.39. The molecule has 144 valence electrons. The van der Waals surface area contributed by atoms with Crippen molar-refractivity contribution in [1.82, 2.24) is 0 Å². The Morgan fingerprint density at radius 3 is 2.70 bits per heavy atom. The fraction of sp³-hybridized carbons (Fsp3) is 0.350. The molecule has 3 rings (SSSR count). The number of nitrogens with one attached hydrogen (secondary N) is 2. The molecule has 0 atom stereocenters. The Balaban J connectivity index is 1.60. The van der Waals surface area contributed by atoms with E-state index < -0.39 is 0 Å². The zero-order valence-corrected chi connectivity index (χ0v) is 16.0. The number of anilines is 3. The van der Waals surface area contributed by atoms with E-state index in [1.54, 1.807) is 25.3 Å². The minimum absolute atomic E-state index is 0.136. The van der Waals surface area contributed by atoms with Crippen LogP contribution in [0.25, 0.3) is 0 Å². The molecule has 0 saturated carbocycles. The smallest absolute Gasteiger partial charge is 0.243 e. The van der Waals surface area contributed by atoms with Crippen LogP contribution in [0.15, 0.2) is 42.5 Å². The number of halogens is 1. The third-order valence-electron chi connectivity index (χ3n) is 4.58. The number of rotatable bonds is 6. The third kappa shape index (κ3) is 5.05. The van der Waals surface area contributed by atoms with Gasteiger partial charge in [-0.25, -0.2) is 0 Å². The Morgan fingerprint density at radius 2 is 2.00 bits per heavy atom. The molecule has 0 unspecified atom stereocenters. The molecular weight excluding hydrogens is 366 g/mol. The zero-order chi connectivity index (χ0) is 19.2. The standard InChI is InChI=1S/C20H24ClN3O3/c1-27-19-7-6-14(12-16(19)21)23-20(26)13-22-17-4-2-3-5-18(17)24-10-8-15(25)9-11-24/h2-7,12,15,22,25H,8-11,13H2,1H3,(H,23,26). The highest BCUT2D eigenvalue weighted by Crippen LogP contribution is 2.29. The lowest BCUT2D eigenvalue weighted by Crippen LogP contribution is -2.36. The summed E-state index contributed by atoms with van der Waals surface area (Å²) in [6.45, 7) is 1.74. The van der Waals surface area contributed by atoms with E-state index in [1.807, 2.05) is 24.3 Å². The number of methoxy groups -OCH3 is 1. The van der Waals surface area contributed by atoms with Gasteiger partial charge in [-0.05, 0) is 43.2 Å². The van der Waals surface area contributed by atoms with Crippen molar-refractivity contribution in [1.29, 1.82) is 0 Å². The number of hydrogen-bond acceptors (Lipinski definition) is 5. The lowest BCUT2D eigenvalue weighted by molar-refractivity contribution is -0.114. The van der Waals surface area contributed by atoms with Crippen LogP contribution in [0.1, 0.15) is 12.8 Å². The highest BCUT2D eigenvalue weighted by molar-refractivity contribution is 6.32. The van der Waals surface area contributed by atoms with Crippen molar-refractivity contribution >= 4 is 34.6 Å². The molecule has 0 bridgehead atoms. The van der Waals surface area contributed by atoms with E-state index in [0.29, 0.717) is 16.5 Å². The van der Waals surface area contributed by atoms with Gasteiger partial charge < -0.3 is 25.4 Å². The van der Waals surface area contributed by atoms with Crippen molar-refractivity contribution in [3.8, 4) is 5.75 Å². The molecule has 1 saturated heterocycles. The minimum Gasteiger partial charge on any atom is -0.495 e. The van der Waals surface area contributed by atoms with Crippen LogP contribution in [0.2, 0.25) is 5.02 Å². The van der Waals surface area contributed by atoms with Crippen LogP contribution in [0.4, 0.5) is 17.1 Å². The number of carbonyl (C=O) groups excluding carboxylic acids is 1. The SMILES string of the molecule is COc1ccc(NC(=O)CNc2ccccc2N2CCC(O)CC2)cc1Cl. The van der Waals surface area contributed by atoms with Crippen molar-refractivity contribution in [2.45, 2.75) is 18.9 Å². The largest absolute Gasteiger partial charge is 0.495 e. The number of benzene rings is 2. The van der Waals surface area contributed by atoms with E-state index in [2.05, 4.69) is 15.5 Å². The molecule has 7 heteroatoms. The van der Waals surface area contributed by atoms with E-state index in [9.17, 15) is 9.90 Å². The van der Waals surface area contributed by atoms with Gasteiger partial charge in [0.05, 0.1) is 36.2 Å². The van der Waals surface area contributed by atoms with Gasteiger partial charge in [-0.1, -0.05) is 23.7 Å². The van der Waals surface area contributed by atoms with Crippen LogP contribution in [0.3, 0.4) is 0 Å². The van der Waals surface area contributed by atoms with Crippen molar-refractivity contribution in [3.63, 3.8) is 0 Å². The number of amides is 1. The summed E-state index contributed by atoms with van der Waals surface area (Å²) < 4.78 is 5.11. The predicted molar refractivity (Wildman–Crippen MR) is 109 cm³/mol. The first kappa shape index (κ1) is 19.3. The number of aliphatic hydroxyl groups is 1. The summed E-state index contributed by atoms with van der Waals surface area (Å²) in [5, 5.41) is 16.2. The van der Waals surface area contributed by atoms with Gasteiger partial charge in [0.15, 0.2) is 0 Å². The normalized spacial score (nSPS) is 14.7. The van der Waals surface area contributed by atoms with Gasteiger partial charge in [-0.2, -0.15) is 0 Å². The second-order valence-corrected chi connectivity index (χ2v) is 6.89. The predicted octanol–water partition coefficient (Wildman–Crippen LogP) is 3.36. The Hall–Kier alpha value is -2.44. The maximum atomic E-state index is 12.3. The first-order chi connectivity index (χ1) is 13.1. The second kappa shape index (κ2) is 8.97. The van der Waals surface area contributed by atoms with E-state index >= 15 is 0 Å². The lowest BCUT2D eigenvalue weighted by atomic mass is 10.1. The summed E-state index contributed by atoms with van der Waals surface area (Å²) in [4.78, 5) is 14.5. The quantitative estimate of drug-likeness (QED) is 0.706. The van der Waals surface area contributed by atoms with Gasteiger partial charge in [-0.3, -0.25) is 4.79 Å².